The third kappa shape index (κ3) is 6.34. The largest absolute Gasteiger partial charge is 0.497 e. The van der Waals surface area contributed by atoms with E-state index in [0.29, 0.717) is 31.0 Å². The van der Waals surface area contributed by atoms with Crippen molar-refractivity contribution in [3.63, 3.8) is 0 Å². The fourth-order valence-electron chi connectivity index (χ4n) is 4.79. The van der Waals surface area contributed by atoms with Gasteiger partial charge in [0.2, 0.25) is 5.91 Å². The van der Waals surface area contributed by atoms with Crippen LogP contribution in [-0.4, -0.2) is 62.1 Å². The highest BCUT2D eigenvalue weighted by Crippen LogP contribution is 2.33. The number of piperidine rings is 1. The first-order valence-corrected chi connectivity index (χ1v) is 14.1. The quantitative estimate of drug-likeness (QED) is 0.294. The summed E-state index contributed by atoms with van der Waals surface area (Å²) in [6.45, 7) is 2.03. The fraction of sp³-hybridized carbons (Fsp3) is 0.333. The van der Waals surface area contributed by atoms with Gasteiger partial charge in [-0.2, -0.15) is 0 Å². The van der Waals surface area contributed by atoms with E-state index in [1.807, 2.05) is 60.0 Å². The molecule has 9 nitrogen and oxygen atoms in total. The van der Waals surface area contributed by atoms with Gasteiger partial charge in [0.05, 0.1) is 38.6 Å². The highest BCUT2D eigenvalue weighted by molar-refractivity contribution is 7.13. The number of nitrogens with zero attached hydrogens (tertiary/aromatic N) is 4. The summed E-state index contributed by atoms with van der Waals surface area (Å²) in [5.74, 6) is 2.93. The second-order valence-electron chi connectivity index (χ2n) is 9.55. The maximum absolute atomic E-state index is 13.0. The Hall–Kier alpha value is -4.18. The Balaban J connectivity index is 1.13. The Morgan fingerprint density at radius 3 is 2.50 bits per heavy atom. The summed E-state index contributed by atoms with van der Waals surface area (Å²) in [6.07, 6.45) is 2.46. The molecule has 0 aliphatic carbocycles. The number of rotatable bonds is 10. The normalized spacial score (nSPS) is 15.0. The van der Waals surface area contributed by atoms with E-state index in [1.54, 1.807) is 32.7 Å². The van der Waals surface area contributed by atoms with E-state index in [4.69, 9.17) is 19.2 Å². The number of carbonyl (C=O) groups excluding carboxylic acids is 1. The molecule has 1 aliphatic rings. The van der Waals surface area contributed by atoms with Gasteiger partial charge in [-0.3, -0.25) is 4.79 Å². The van der Waals surface area contributed by atoms with Crippen molar-refractivity contribution >= 4 is 23.1 Å². The molecule has 3 heterocycles. The van der Waals surface area contributed by atoms with E-state index in [-0.39, 0.29) is 11.8 Å². The van der Waals surface area contributed by atoms with E-state index < -0.39 is 0 Å². The molecule has 1 atom stereocenters. The number of hydrogen-bond acceptors (Lipinski definition) is 9. The maximum atomic E-state index is 13.0. The lowest BCUT2D eigenvalue weighted by Crippen LogP contribution is -2.43. The van der Waals surface area contributed by atoms with Crippen LogP contribution in [-0.2, 0) is 11.2 Å². The molecule has 208 valence electrons. The average Bonchev–Trinajstić information content (AvgIpc) is 3.49. The van der Waals surface area contributed by atoms with Crippen LogP contribution < -0.4 is 24.4 Å². The lowest BCUT2D eigenvalue weighted by Gasteiger charge is -2.32. The zero-order chi connectivity index (χ0) is 27.9. The molecular weight excluding hydrogens is 526 g/mol. The molecule has 1 aliphatic heterocycles. The molecule has 2 aromatic heterocycles. The van der Waals surface area contributed by atoms with Crippen LogP contribution in [0.1, 0.15) is 18.5 Å². The molecule has 4 aromatic rings. The van der Waals surface area contributed by atoms with E-state index in [0.717, 1.165) is 58.5 Å². The molecular formula is C30H33N5O4S. The van der Waals surface area contributed by atoms with Crippen molar-refractivity contribution < 1.29 is 19.0 Å². The van der Waals surface area contributed by atoms with Gasteiger partial charge < -0.3 is 24.4 Å². The summed E-state index contributed by atoms with van der Waals surface area (Å²) in [6, 6.07) is 17.5. The molecule has 0 spiro atoms. The number of amides is 1. The van der Waals surface area contributed by atoms with E-state index in [2.05, 4.69) is 20.4 Å². The highest BCUT2D eigenvalue weighted by Gasteiger charge is 2.26. The SMILES string of the molecule is COc1ccc(-c2ccc(N3CCCC(C(=O)NCCc4csc(-c5ccc(OC)c(OC)c5)n4)C3)nn2)cc1. The molecule has 1 saturated heterocycles. The molecule has 1 unspecified atom stereocenters. The molecule has 0 saturated carbocycles. The standard InChI is InChI=1S/C30H33N5O4S/c1-37-24-9-6-20(7-10-24)25-11-13-28(34-33-25)35-16-4-5-22(18-35)29(36)31-15-14-23-19-40-30(32-23)21-8-12-26(38-2)27(17-21)39-3/h6-13,17,19,22H,4-5,14-16,18H2,1-3H3,(H,31,36). The first kappa shape index (κ1) is 27.4. The number of carbonyl (C=O) groups is 1. The summed E-state index contributed by atoms with van der Waals surface area (Å²) >= 11 is 1.58. The van der Waals surface area contributed by atoms with Crippen molar-refractivity contribution in [3.05, 3.63) is 65.7 Å². The van der Waals surface area contributed by atoms with Gasteiger partial charge in [0.25, 0.3) is 0 Å². The van der Waals surface area contributed by atoms with Crippen molar-refractivity contribution in [2.45, 2.75) is 19.3 Å². The Morgan fingerprint density at radius 1 is 0.975 bits per heavy atom. The Labute approximate surface area is 238 Å². The number of anilines is 1. The number of aromatic nitrogens is 3. The van der Waals surface area contributed by atoms with E-state index >= 15 is 0 Å². The zero-order valence-electron chi connectivity index (χ0n) is 22.9. The predicted octanol–water partition coefficient (Wildman–Crippen LogP) is 4.87. The lowest BCUT2D eigenvalue weighted by molar-refractivity contribution is -0.125. The van der Waals surface area contributed by atoms with Crippen LogP contribution in [0, 0.1) is 5.92 Å². The number of nitrogens with one attached hydrogen (secondary N) is 1. The third-order valence-corrected chi connectivity index (χ3v) is 7.96. The van der Waals surface area contributed by atoms with Crippen LogP contribution in [0.15, 0.2) is 60.0 Å². The molecule has 40 heavy (non-hydrogen) atoms. The van der Waals surface area contributed by atoms with Crippen LogP contribution in [0.3, 0.4) is 0 Å². The van der Waals surface area contributed by atoms with Crippen LogP contribution in [0.4, 0.5) is 5.82 Å². The second-order valence-corrected chi connectivity index (χ2v) is 10.4. The average molecular weight is 560 g/mol. The smallest absolute Gasteiger partial charge is 0.224 e. The van der Waals surface area contributed by atoms with Crippen molar-refractivity contribution in [1.82, 2.24) is 20.5 Å². The molecule has 5 rings (SSSR count). The third-order valence-electron chi connectivity index (χ3n) is 7.02. The van der Waals surface area contributed by atoms with Gasteiger partial charge in [0.15, 0.2) is 17.3 Å². The van der Waals surface area contributed by atoms with Crippen LogP contribution in [0.25, 0.3) is 21.8 Å². The summed E-state index contributed by atoms with van der Waals surface area (Å²) in [7, 11) is 4.89. The molecule has 1 N–H and O–H groups in total. The maximum Gasteiger partial charge on any atom is 0.224 e. The Morgan fingerprint density at radius 2 is 1.77 bits per heavy atom. The monoisotopic (exact) mass is 559 g/mol. The minimum Gasteiger partial charge on any atom is -0.497 e. The molecule has 0 bridgehead atoms. The highest BCUT2D eigenvalue weighted by atomic mass is 32.1. The number of benzene rings is 2. The molecule has 1 fully saturated rings. The predicted molar refractivity (Wildman–Crippen MR) is 156 cm³/mol. The lowest BCUT2D eigenvalue weighted by atomic mass is 9.97. The first-order valence-electron chi connectivity index (χ1n) is 13.3. The minimum atomic E-state index is -0.0884. The zero-order valence-corrected chi connectivity index (χ0v) is 23.7. The van der Waals surface area contributed by atoms with Crippen molar-refractivity contribution in [2.75, 3.05) is 45.9 Å². The molecule has 1 amide bonds. The topological polar surface area (TPSA) is 98.7 Å². The Bertz CT molecular complexity index is 1430. The number of thiazole rings is 1. The molecule has 10 heteroatoms. The molecule has 2 aromatic carbocycles. The van der Waals surface area contributed by atoms with Gasteiger partial charge in [-0.05, 0) is 67.4 Å². The number of hydrogen-bond donors (Lipinski definition) is 1. The van der Waals surface area contributed by atoms with Crippen molar-refractivity contribution in [1.29, 1.82) is 0 Å². The van der Waals surface area contributed by atoms with Gasteiger partial charge in [-0.15, -0.1) is 21.5 Å². The van der Waals surface area contributed by atoms with Gasteiger partial charge in [0.1, 0.15) is 10.8 Å². The van der Waals surface area contributed by atoms with Crippen LogP contribution in [0.2, 0.25) is 0 Å². The summed E-state index contributed by atoms with van der Waals surface area (Å²) in [5, 5.41) is 14.9. The summed E-state index contributed by atoms with van der Waals surface area (Å²) in [4.78, 5) is 19.9. The van der Waals surface area contributed by atoms with Gasteiger partial charge >= 0.3 is 0 Å². The number of ether oxygens (including phenoxy) is 3. The Kier molecular flexibility index (Phi) is 8.75. The van der Waals surface area contributed by atoms with Crippen LogP contribution in [0.5, 0.6) is 17.2 Å². The van der Waals surface area contributed by atoms with Gasteiger partial charge in [-0.1, -0.05) is 0 Å². The number of methoxy groups -OCH3 is 3. The summed E-state index contributed by atoms with van der Waals surface area (Å²) < 4.78 is 16.0. The fourth-order valence-corrected chi connectivity index (χ4v) is 5.64. The van der Waals surface area contributed by atoms with Crippen molar-refractivity contribution in [3.8, 4) is 39.1 Å². The summed E-state index contributed by atoms with van der Waals surface area (Å²) in [5.41, 5.74) is 3.70. The molecule has 0 radical (unpaired) electrons. The van der Waals surface area contributed by atoms with Gasteiger partial charge in [0, 0.05) is 42.6 Å². The minimum absolute atomic E-state index is 0.0721. The van der Waals surface area contributed by atoms with Crippen LogP contribution >= 0.6 is 11.3 Å². The van der Waals surface area contributed by atoms with Crippen molar-refractivity contribution in [2.24, 2.45) is 5.92 Å². The van der Waals surface area contributed by atoms with Gasteiger partial charge in [-0.25, -0.2) is 4.98 Å². The second kappa shape index (κ2) is 12.8. The van der Waals surface area contributed by atoms with E-state index in [9.17, 15) is 4.79 Å². The first-order chi connectivity index (χ1) is 19.6. The van der Waals surface area contributed by atoms with E-state index in [1.165, 1.54) is 0 Å².